The van der Waals surface area contributed by atoms with E-state index in [0.717, 1.165) is 6.42 Å². The molecular formula is C8H16O3. The van der Waals surface area contributed by atoms with Crippen molar-refractivity contribution in [2.24, 2.45) is 0 Å². The second-order valence-corrected chi connectivity index (χ2v) is 3.38. The van der Waals surface area contributed by atoms with Gasteiger partial charge >= 0.3 is 0 Å². The fraction of sp³-hybridized carbons (Fsp3) is 1.00. The number of ether oxygens (including phenoxy) is 2. The fourth-order valence-electron chi connectivity index (χ4n) is 1.51. The summed E-state index contributed by atoms with van der Waals surface area (Å²) >= 11 is 0. The molecule has 0 aromatic rings. The zero-order valence-electron chi connectivity index (χ0n) is 7.17. The van der Waals surface area contributed by atoms with Gasteiger partial charge in [-0.2, -0.15) is 0 Å². The van der Waals surface area contributed by atoms with Gasteiger partial charge in [0, 0.05) is 20.1 Å². The summed E-state index contributed by atoms with van der Waals surface area (Å²) in [5.41, 5.74) is -0.271. The highest BCUT2D eigenvalue weighted by molar-refractivity contribution is 4.82. The maximum absolute atomic E-state index is 9.34. The molecule has 66 valence electrons. The van der Waals surface area contributed by atoms with Crippen molar-refractivity contribution >= 4 is 0 Å². The molecule has 1 N–H and O–H groups in total. The first-order valence-electron chi connectivity index (χ1n) is 3.97. The predicted octanol–water partition coefficient (Wildman–Crippen LogP) is 0.563. The molecule has 1 aliphatic rings. The van der Waals surface area contributed by atoms with Gasteiger partial charge in [0.25, 0.3) is 0 Å². The van der Waals surface area contributed by atoms with Crippen LogP contribution < -0.4 is 0 Å². The van der Waals surface area contributed by atoms with Crippen molar-refractivity contribution < 1.29 is 14.6 Å². The van der Waals surface area contributed by atoms with Gasteiger partial charge in [0.15, 0.2) is 0 Å². The Bertz CT molecular complexity index is 123. The number of hydrogen-bond donors (Lipinski definition) is 1. The van der Waals surface area contributed by atoms with Crippen LogP contribution in [0.5, 0.6) is 0 Å². The van der Waals surface area contributed by atoms with E-state index in [1.54, 1.807) is 7.11 Å². The van der Waals surface area contributed by atoms with E-state index in [9.17, 15) is 5.11 Å². The molecule has 1 heterocycles. The quantitative estimate of drug-likeness (QED) is 0.641. The van der Waals surface area contributed by atoms with E-state index in [-0.39, 0.29) is 11.7 Å². The summed E-state index contributed by atoms with van der Waals surface area (Å²) in [6.45, 7) is 3.17. The zero-order chi connectivity index (χ0) is 8.32. The number of hydrogen-bond acceptors (Lipinski definition) is 3. The van der Waals surface area contributed by atoms with Crippen molar-refractivity contribution in [1.82, 2.24) is 0 Å². The van der Waals surface area contributed by atoms with Crippen LogP contribution in [0.4, 0.5) is 0 Å². The van der Waals surface area contributed by atoms with Crippen molar-refractivity contribution in [3.63, 3.8) is 0 Å². The molecule has 11 heavy (non-hydrogen) atoms. The predicted molar refractivity (Wildman–Crippen MR) is 41.5 cm³/mol. The highest BCUT2D eigenvalue weighted by Gasteiger charge is 2.32. The van der Waals surface area contributed by atoms with Crippen molar-refractivity contribution in [2.45, 2.75) is 31.5 Å². The first kappa shape index (κ1) is 8.97. The molecule has 1 saturated heterocycles. The number of aliphatic hydroxyl groups is 1. The lowest BCUT2D eigenvalue weighted by Crippen LogP contribution is -2.42. The summed E-state index contributed by atoms with van der Waals surface area (Å²) in [5.74, 6) is 0. The standard InChI is InChI=1S/C8H16O3/c1-8(6-10-2)5-7(9)3-4-11-8/h7,9H,3-6H2,1-2H3. The van der Waals surface area contributed by atoms with Crippen LogP contribution in [0.3, 0.4) is 0 Å². The molecule has 2 atom stereocenters. The fourth-order valence-corrected chi connectivity index (χ4v) is 1.51. The lowest BCUT2D eigenvalue weighted by atomic mass is 9.95. The van der Waals surface area contributed by atoms with E-state index in [1.807, 2.05) is 6.92 Å². The average Bonchev–Trinajstić information content (AvgIpc) is 1.86. The van der Waals surface area contributed by atoms with E-state index in [1.165, 1.54) is 0 Å². The molecule has 0 aromatic heterocycles. The molecule has 1 fully saturated rings. The molecule has 1 aliphatic heterocycles. The van der Waals surface area contributed by atoms with Gasteiger partial charge in [0.05, 0.1) is 18.3 Å². The Balaban J connectivity index is 2.41. The lowest BCUT2D eigenvalue weighted by Gasteiger charge is -2.35. The smallest absolute Gasteiger partial charge is 0.0911 e. The molecule has 0 radical (unpaired) electrons. The summed E-state index contributed by atoms with van der Waals surface area (Å²) in [6.07, 6.45) is 1.21. The average molecular weight is 160 g/mol. The van der Waals surface area contributed by atoms with E-state index in [4.69, 9.17) is 9.47 Å². The molecule has 0 amide bonds. The monoisotopic (exact) mass is 160 g/mol. The van der Waals surface area contributed by atoms with Gasteiger partial charge in [-0.25, -0.2) is 0 Å². The SMILES string of the molecule is COCC1(C)CC(O)CCO1. The Labute approximate surface area is 67.3 Å². The molecule has 0 saturated carbocycles. The number of rotatable bonds is 2. The van der Waals surface area contributed by atoms with Gasteiger partial charge in [-0.1, -0.05) is 0 Å². The van der Waals surface area contributed by atoms with Gasteiger partial charge in [-0.3, -0.25) is 0 Å². The second-order valence-electron chi connectivity index (χ2n) is 3.38. The Hall–Kier alpha value is -0.120. The minimum absolute atomic E-state index is 0.219. The van der Waals surface area contributed by atoms with Crippen LogP contribution >= 0.6 is 0 Å². The Morgan fingerprint density at radius 3 is 3.00 bits per heavy atom. The number of aliphatic hydroxyl groups excluding tert-OH is 1. The summed E-state index contributed by atoms with van der Waals surface area (Å²) < 4.78 is 10.5. The van der Waals surface area contributed by atoms with Crippen molar-refractivity contribution in [3.8, 4) is 0 Å². The van der Waals surface area contributed by atoms with E-state index < -0.39 is 0 Å². The summed E-state index contributed by atoms with van der Waals surface area (Å²) in [7, 11) is 1.65. The van der Waals surface area contributed by atoms with Crippen LogP contribution in [-0.2, 0) is 9.47 Å². The van der Waals surface area contributed by atoms with Gasteiger partial charge < -0.3 is 14.6 Å². The number of methoxy groups -OCH3 is 1. The molecule has 0 aliphatic carbocycles. The first-order chi connectivity index (χ1) is 5.16. The Kier molecular flexibility index (Phi) is 2.87. The van der Waals surface area contributed by atoms with Crippen LogP contribution in [0.2, 0.25) is 0 Å². The summed E-state index contributed by atoms with van der Waals surface area (Å²) in [4.78, 5) is 0. The highest BCUT2D eigenvalue weighted by atomic mass is 16.5. The molecule has 0 aromatic carbocycles. The summed E-state index contributed by atoms with van der Waals surface area (Å²) in [5, 5.41) is 9.34. The third-order valence-electron chi connectivity index (χ3n) is 2.02. The Morgan fingerprint density at radius 2 is 2.45 bits per heavy atom. The third kappa shape index (κ3) is 2.43. The summed E-state index contributed by atoms with van der Waals surface area (Å²) in [6, 6.07) is 0. The van der Waals surface area contributed by atoms with Gasteiger partial charge in [0.1, 0.15) is 0 Å². The first-order valence-corrected chi connectivity index (χ1v) is 3.97. The molecule has 2 unspecified atom stereocenters. The molecule has 3 heteroatoms. The third-order valence-corrected chi connectivity index (χ3v) is 2.02. The molecule has 3 nitrogen and oxygen atoms in total. The van der Waals surface area contributed by atoms with Crippen LogP contribution in [0.25, 0.3) is 0 Å². The van der Waals surface area contributed by atoms with E-state index in [0.29, 0.717) is 19.6 Å². The Morgan fingerprint density at radius 1 is 1.73 bits per heavy atom. The van der Waals surface area contributed by atoms with Crippen LogP contribution in [0.15, 0.2) is 0 Å². The molecule has 0 bridgehead atoms. The van der Waals surface area contributed by atoms with E-state index >= 15 is 0 Å². The lowest BCUT2D eigenvalue weighted by molar-refractivity contribution is -0.135. The minimum Gasteiger partial charge on any atom is -0.393 e. The van der Waals surface area contributed by atoms with Crippen molar-refractivity contribution in [2.75, 3.05) is 20.3 Å². The normalized spacial score (nSPS) is 39.0. The van der Waals surface area contributed by atoms with Gasteiger partial charge in [0.2, 0.25) is 0 Å². The van der Waals surface area contributed by atoms with E-state index in [2.05, 4.69) is 0 Å². The maximum Gasteiger partial charge on any atom is 0.0911 e. The molecule has 1 rings (SSSR count). The van der Waals surface area contributed by atoms with Gasteiger partial charge in [-0.05, 0) is 13.3 Å². The topological polar surface area (TPSA) is 38.7 Å². The highest BCUT2D eigenvalue weighted by Crippen LogP contribution is 2.24. The van der Waals surface area contributed by atoms with Crippen LogP contribution in [-0.4, -0.2) is 37.1 Å². The largest absolute Gasteiger partial charge is 0.393 e. The van der Waals surface area contributed by atoms with Crippen LogP contribution in [0.1, 0.15) is 19.8 Å². The minimum atomic E-state index is -0.271. The van der Waals surface area contributed by atoms with Crippen molar-refractivity contribution in [3.05, 3.63) is 0 Å². The van der Waals surface area contributed by atoms with Crippen LogP contribution in [0, 0.1) is 0 Å². The van der Waals surface area contributed by atoms with Gasteiger partial charge in [-0.15, -0.1) is 0 Å². The maximum atomic E-state index is 9.34. The van der Waals surface area contributed by atoms with Crippen molar-refractivity contribution in [1.29, 1.82) is 0 Å². The molecule has 0 spiro atoms. The molecular weight excluding hydrogens is 144 g/mol. The second kappa shape index (κ2) is 3.52. The zero-order valence-corrected chi connectivity index (χ0v) is 7.17.